The van der Waals surface area contributed by atoms with Crippen LogP contribution in [0.2, 0.25) is 0 Å². The number of nitrogens with one attached hydrogen (secondary N) is 2. The van der Waals surface area contributed by atoms with Crippen molar-refractivity contribution in [2.75, 3.05) is 13.6 Å². The fourth-order valence-electron chi connectivity index (χ4n) is 1.96. The monoisotopic (exact) mass is 287 g/mol. The molecule has 0 saturated carbocycles. The van der Waals surface area contributed by atoms with Crippen LogP contribution in [-0.4, -0.2) is 40.3 Å². The lowest BCUT2D eigenvalue weighted by Crippen LogP contribution is -2.37. The van der Waals surface area contributed by atoms with E-state index in [0.717, 1.165) is 11.4 Å². The molecule has 6 heteroatoms. The van der Waals surface area contributed by atoms with Crippen LogP contribution in [0.1, 0.15) is 28.7 Å². The Morgan fingerprint density at radius 1 is 1.38 bits per heavy atom. The van der Waals surface area contributed by atoms with Crippen LogP contribution in [0.5, 0.6) is 0 Å². The second-order valence-corrected chi connectivity index (χ2v) is 5.14. The van der Waals surface area contributed by atoms with E-state index in [2.05, 4.69) is 20.7 Å². The molecule has 0 aromatic carbocycles. The van der Waals surface area contributed by atoms with Crippen LogP contribution in [0.3, 0.4) is 0 Å². The molecule has 2 aromatic rings. The molecule has 2 rings (SSSR count). The minimum atomic E-state index is -0.121. The Bertz CT molecular complexity index is 617. The molecule has 2 N–H and O–H groups in total. The third kappa shape index (κ3) is 3.66. The van der Waals surface area contributed by atoms with E-state index >= 15 is 0 Å². The van der Waals surface area contributed by atoms with E-state index in [0.29, 0.717) is 17.9 Å². The number of nitrogens with zero attached hydrogens (tertiary/aromatic N) is 3. The van der Waals surface area contributed by atoms with Crippen LogP contribution >= 0.6 is 0 Å². The van der Waals surface area contributed by atoms with E-state index in [-0.39, 0.29) is 11.9 Å². The molecule has 2 heterocycles. The van der Waals surface area contributed by atoms with Crippen molar-refractivity contribution < 1.29 is 4.79 Å². The van der Waals surface area contributed by atoms with E-state index in [4.69, 9.17) is 0 Å². The summed E-state index contributed by atoms with van der Waals surface area (Å²) in [5, 5.41) is 10.3. The number of aryl methyl sites for hydroxylation is 2. The number of pyridine rings is 1. The van der Waals surface area contributed by atoms with E-state index in [9.17, 15) is 4.79 Å². The maximum absolute atomic E-state index is 12.0. The van der Waals surface area contributed by atoms with Crippen molar-refractivity contribution in [2.24, 2.45) is 0 Å². The largest absolute Gasteiger partial charge is 0.350 e. The number of hydrogen-bond acceptors (Lipinski definition) is 4. The lowest BCUT2D eigenvalue weighted by atomic mass is 10.2. The van der Waals surface area contributed by atoms with E-state index in [1.54, 1.807) is 23.0 Å². The van der Waals surface area contributed by atoms with Crippen molar-refractivity contribution in [3.63, 3.8) is 0 Å². The van der Waals surface area contributed by atoms with Crippen LogP contribution in [-0.2, 0) is 0 Å². The van der Waals surface area contributed by atoms with Crippen molar-refractivity contribution in [1.82, 2.24) is 25.4 Å². The Morgan fingerprint density at radius 3 is 2.67 bits per heavy atom. The highest BCUT2D eigenvalue weighted by atomic mass is 16.1. The van der Waals surface area contributed by atoms with E-state index in [1.807, 2.05) is 33.9 Å². The van der Waals surface area contributed by atoms with Gasteiger partial charge in [0.15, 0.2) is 5.82 Å². The van der Waals surface area contributed by atoms with Gasteiger partial charge >= 0.3 is 0 Å². The quantitative estimate of drug-likeness (QED) is 0.867. The van der Waals surface area contributed by atoms with Crippen molar-refractivity contribution in [3.8, 4) is 5.82 Å². The molecule has 1 unspecified atom stereocenters. The second-order valence-electron chi connectivity index (χ2n) is 5.14. The Balaban J connectivity index is 2.08. The minimum absolute atomic E-state index is 0.121. The smallest absolute Gasteiger partial charge is 0.252 e. The molecular weight excluding hydrogens is 266 g/mol. The molecule has 0 spiro atoms. The zero-order chi connectivity index (χ0) is 15.4. The first-order chi connectivity index (χ1) is 10.0. The Labute approximate surface area is 124 Å². The SMILES string of the molecule is CNC(C)CNC(=O)c1ccc(-n2nc(C)cc2C)nc1. The molecule has 0 radical (unpaired) electrons. The Morgan fingerprint density at radius 2 is 2.14 bits per heavy atom. The van der Waals surface area contributed by atoms with Gasteiger partial charge in [0.25, 0.3) is 5.91 Å². The number of rotatable bonds is 5. The third-order valence-electron chi connectivity index (χ3n) is 3.30. The highest BCUT2D eigenvalue weighted by Crippen LogP contribution is 2.10. The number of hydrogen-bond donors (Lipinski definition) is 2. The molecule has 0 aliphatic rings. The number of likely N-dealkylation sites (N-methyl/N-ethyl adjacent to an activating group) is 1. The van der Waals surface area contributed by atoms with E-state index in [1.165, 1.54) is 0 Å². The molecule has 0 fully saturated rings. The molecule has 0 bridgehead atoms. The van der Waals surface area contributed by atoms with Gasteiger partial charge in [0.1, 0.15) is 0 Å². The van der Waals surface area contributed by atoms with Crippen LogP contribution in [0, 0.1) is 13.8 Å². The lowest BCUT2D eigenvalue weighted by molar-refractivity contribution is 0.0950. The number of amides is 1. The molecule has 112 valence electrons. The Hall–Kier alpha value is -2.21. The predicted octanol–water partition coefficient (Wildman–Crippen LogP) is 1.22. The van der Waals surface area contributed by atoms with Gasteiger partial charge in [-0.2, -0.15) is 5.10 Å². The van der Waals surface area contributed by atoms with Gasteiger partial charge in [-0.3, -0.25) is 4.79 Å². The van der Waals surface area contributed by atoms with Crippen molar-refractivity contribution in [2.45, 2.75) is 26.8 Å². The van der Waals surface area contributed by atoms with Gasteiger partial charge in [0, 0.05) is 24.5 Å². The van der Waals surface area contributed by atoms with Gasteiger partial charge < -0.3 is 10.6 Å². The summed E-state index contributed by atoms with van der Waals surface area (Å²) in [5.74, 6) is 0.588. The zero-order valence-corrected chi connectivity index (χ0v) is 12.8. The van der Waals surface area contributed by atoms with Gasteiger partial charge in [-0.15, -0.1) is 0 Å². The molecular formula is C15H21N5O. The standard InChI is InChI=1S/C15H21N5O/c1-10-7-12(3)20(19-10)14-6-5-13(9-17-14)15(21)18-8-11(2)16-4/h5-7,9,11,16H,8H2,1-4H3,(H,18,21). The predicted molar refractivity (Wildman–Crippen MR) is 81.7 cm³/mol. The van der Waals surface area contributed by atoms with Crippen LogP contribution in [0.15, 0.2) is 24.4 Å². The zero-order valence-electron chi connectivity index (χ0n) is 12.8. The lowest BCUT2D eigenvalue weighted by Gasteiger charge is -2.11. The summed E-state index contributed by atoms with van der Waals surface area (Å²) in [4.78, 5) is 16.3. The fraction of sp³-hybridized carbons (Fsp3) is 0.400. The molecule has 6 nitrogen and oxygen atoms in total. The average Bonchev–Trinajstić information content (AvgIpc) is 2.83. The number of carbonyl (C=O) groups is 1. The highest BCUT2D eigenvalue weighted by Gasteiger charge is 2.09. The van der Waals surface area contributed by atoms with Crippen LogP contribution < -0.4 is 10.6 Å². The second kappa shape index (κ2) is 6.49. The molecule has 1 atom stereocenters. The number of carbonyl (C=O) groups excluding carboxylic acids is 1. The van der Waals surface area contributed by atoms with Gasteiger partial charge in [-0.1, -0.05) is 0 Å². The maximum atomic E-state index is 12.0. The summed E-state index contributed by atoms with van der Waals surface area (Å²) in [6.07, 6.45) is 1.57. The first-order valence-electron chi connectivity index (χ1n) is 6.96. The molecule has 2 aromatic heterocycles. The normalized spacial score (nSPS) is 12.2. The first kappa shape index (κ1) is 15.2. The summed E-state index contributed by atoms with van der Waals surface area (Å²) >= 11 is 0. The Kier molecular flexibility index (Phi) is 4.70. The molecule has 21 heavy (non-hydrogen) atoms. The van der Waals surface area contributed by atoms with Gasteiger partial charge in [-0.25, -0.2) is 9.67 Å². The van der Waals surface area contributed by atoms with Crippen LogP contribution in [0.4, 0.5) is 0 Å². The molecule has 0 aliphatic carbocycles. The maximum Gasteiger partial charge on any atom is 0.252 e. The number of aromatic nitrogens is 3. The minimum Gasteiger partial charge on any atom is -0.350 e. The third-order valence-corrected chi connectivity index (χ3v) is 3.30. The average molecular weight is 287 g/mol. The summed E-state index contributed by atoms with van der Waals surface area (Å²) in [6.45, 7) is 6.49. The topological polar surface area (TPSA) is 71.8 Å². The summed E-state index contributed by atoms with van der Waals surface area (Å²) in [6, 6.07) is 5.78. The molecule has 1 amide bonds. The van der Waals surface area contributed by atoms with Crippen molar-refractivity contribution in [3.05, 3.63) is 41.3 Å². The summed E-state index contributed by atoms with van der Waals surface area (Å²) in [5.41, 5.74) is 2.50. The van der Waals surface area contributed by atoms with Crippen LogP contribution in [0.25, 0.3) is 5.82 Å². The fourth-order valence-corrected chi connectivity index (χ4v) is 1.96. The van der Waals surface area contributed by atoms with Gasteiger partial charge in [-0.05, 0) is 46.0 Å². The highest BCUT2D eigenvalue weighted by molar-refractivity contribution is 5.93. The van der Waals surface area contributed by atoms with Gasteiger partial charge in [0.2, 0.25) is 0 Å². The first-order valence-corrected chi connectivity index (χ1v) is 6.96. The molecule has 0 aliphatic heterocycles. The van der Waals surface area contributed by atoms with Crippen molar-refractivity contribution in [1.29, 1.82) is 0 Å². The van der Waals surface area contributed by atoms with Gasteiger partial charge in [0.05, 0.1) is 11.3 Å². The molecule has 0 saturated heterocycles. The summed E-state index contributed by atoms with van der Waals surface area (Å²) < 4.78 is 1.76. The van der Waals surface area contributed by atoms with Crippen molar-refractivity contribution >= 4 is 5.91 Å². The van der Waals surface area contributed by atoms with E-state index < -0.39 is 0 Å². The summed E-state index contributed by atoms with van der Waals surface area (Å²) in [7, 11) is 1.86.